The van der Waals surface area contributed by atoms with Crippen molar-refractivity contribution in [2.75, 3.05) is 45.9 Å². The summed E-state index contributed by atoms with van der Waals surface area (Å²) < 4.78 is 38.6. The molecular weight excluding hydrogens is 964 g/mol. The van der Waals surface area contributed by atoms with E-state index in [1.54, 1.807) is 82.3 Å². The predicted molar refractivity (Wildman–Crippen MR) is 280 cm³/mol. The van der Waals surface area contributed by atoms with Crippen molar-refractivity contribution >= 4 is 84.6 Å². The van der Waals surface area contributed by atoms with E-state index in [9.17, 15) is 38.0 Å². The molecule has 4 amide bonds. The highest BCUT2D eigenvalue weighted by molar-refractivity contribution is 7.92. The molecule has 384 valence electrons. The van der Waals surface area contributed by atoms with Crippen LogP contribution in [0.2, 0.25) is 5.02 Å². The zero-order valence-corrected chi connectivity index (χ0v) is 43.1. The Hall–Kier alpha value is -6.92. The first kappa shape index (κ1) is 54.4. The molecule has 0 radical (unpaired) electrons. The smallest absolute Gasteiger partial charge is 0.350 e. The number of sulfonamides is 1. The van der Waals surface area contributed by atoms with Gasteiger partial charge < -0.3 is 19.9 Å². The maximum atomic E-state index is 15.5. The number of phenols is 1. The average molecular weight is 1030 g/mol. The number of imide groups is 1. The van der Waals surface area contributed by atoms with Gasteiger partial charge in [-0.05, 0) is 76.6 Å². The summed E-state index contributed by atoms with van der Waals surface area (Å²) in [4.78, 5) is 70.7. The van der Waals surface area contributed by atoms with Crippen molar-refractivity contribution in [2.45, 2.75) is 98.8 Å². The van der Waals surface area contributed by atoms with Crippen molar-refractivity contribution in [1.29, 1.82) is 0 Å². The number of hydrogen-bond donors (Lipinski definition) is 3. The van der Waals surface area contributed by atoms with Gasteiger partial charge in [-0.1, -0.05) is 119 Å². The highest BCUT2D eigenvalue weighted by Gasteiger charge is 2.53. The number of para-hydroxylation sites is 1. The van der Waals surface area contributed by atoms with E-state index < -0.39 is 55.3 Å². The summed E-state index contributed by atoms with van der Waals surface area (Å²) in [5.74, 6) is -2.54. The fraction of sp³-hybridized carbons (Fsp3) is 0.396. The first-order valence-corrected chi connectivity index (χ1v) is 26.3. The number of nitrogens with one attached hydrogen (secondary N) is 2. The lowest BCUT2D eigenvalue weighted by atomic mass is 9.91. The van der Waals surface area contributed by atoms with Gasteiger partial charge in [0.05, 0.1) is 56.5 Å². The van der Waals surface area contributed by atoms with Crippen molar-refractivity contribution in [2.24, 2.45) is 10.8 Å². The molecule has 1 unspecified atom stereocenters. The Balaban J connectivity index is 1.42. The second-order valence-corrected chi connectivity index (χ2v) is 21.5. The number of unbranched alkanes of at least 4 members (excludes halogenated alkanes) is 9. The van der Waals surface area contributed by atoms with Crippen molar-refractivity contribution in [1.82, 2.24) is 5.01 Å². The highest BCUT2D eigenvalue weighted by atomic mass is 35.5. The summed E-state index contributed by atoms with van der Waals surface area (Å²) >= 11 is 6.42. The minimum absolute atomic E-state index is 0.00461. The average Bonchev–Trinajstić information content (AvgIpc) is 3.60. The quantitative estimate of drug-likeness (QED) is 0.0255. The normalized spacial score (nSPS) is 14.8. The van der Waals surface area contributed by atoms with Crippen molar-refractivity contribution < 1.29 is 47.1 Å². The van der Waals surface area contributed by atoms with Crippen LogP contribution in [-0.4, -0.2) is 73.2 Å². The van der Waals surface area contributed by atoms with E-state index in [2.05, 4.69) is 17.0 Å². The van der Waals surface area contributed by atoms with Crippen LogP contribution >= 0.6 is 11.6 Å². The van der Waals surface area contributed by atoms with Crippen molar-refractivity contribution in [3.63, 3.8) is 0 Å². The topological polar surface area (TPSA) is 218 Å². The number of phenolic OH excluding ortho intramolecular Hbond substituents is 1. The largest absolute Gasteiger partial charge is 0.506 e. The lowest BCUT2D eigenvalue weighted by Gasteiger charge is -2.33. The summed E-state index contributed by atoms with van der Waals surface area (Å²) in [5.41, 5.74) is -2.39. The first-order valence-electron chi connectivity index (χ1n) is 24.1. The third-order valence-electron chi connectivity index (χ3n) is 12.2. The van der Waals surface area contributed by atoms with Crippen LogP contribution in [0.3, 0.4) is 0 Å². The van der Waals surface area contributed by atoms with Crippen molar-refractivity contribution in [3.8, 4) is 17.2 Å². The molecule has 19 heteroatoms. The number of hydrazine groups is 1. The third-order valence-corrected chi connectivity index (χ3v) is 13.1. The van der Waals surface area contributed by atoms with Crippen molar-refractivity contribution in [3.05, 3.63) is 118 Å². The lowest BCUT2D eigenvalue weighted by molar-refractivity contribution is -0.384. The van der Waals surface area contributed by atoms with Crippen LogP contribution in [0.1, 0.15) is 109 Å². The lowest BCUT2D eigenvalue weighted by Crippen LogP contribution is -2.52. The number of nitro groups is 1. The van der Waals surface area contributed by atoms with Gasteiger partial charge in [0.1, 0.15) is 23.5 Å². The fourth-order valence-corrected chi connectivity index (χ4v) is 9.00. The molecule has 0 saturated carbocycles. The van der Waals surface area contributed by atoms with Crippen LogP contribution in [0, 0.1) is 20.9 Å². The van der Waals surface area contributed by atoms with Gasteiger partial charge in [0, 0.05) is 29.4 Å². The maximum Gasteiger partial charge on any atom is 0.350 e. The minimum Gasteiger partial charge on any atom is -0.506 e. The third kappa shape index (κ3) is 13.5. The minimum atomic E-state index is -3.69. The molecule has 17 nitrogen and oxygen atoms in total. The van der Waals surface area contributed by atoms with Crippen LogP contribution in [0.4, 0.5) is 33.2 Å². The molecule has 6 rings (SSSR count). The number of esters is 1. The number of aromatic hydroxyl groups is 1. The van der Waals surface area contributed by atoms with Gasteiger partial charge in [-0.2, -0.15) is 5.01 Å². The number of carbonyl (C=O) groups is 4. The molecule has 1 atom stereocenters. The van der Waals surface area contributed by atoms with E-state index in [0.29, 0.717) is 23.9 Å². The number of non-ortho nitro benzene ring substituents is 1. The molecule has 0 aliphatic carbocycles. The molecule has 72 heavy (non-hydrogen) atoms. The highest BCUT2D eigenvalue weighted by Crippen LogP contribution is 2.44. The number of ether oxygens (including phenoxy) is 2. The molecule has 1 fully saturated rings. The molecule has 1 heterocycles. The van der Waals surface area contributed by atoms with Crippen LogP contribution in [-0.2, 0) is 24.3 Å². The van der Waals surface area contributed by atoms with E-state index in [0.717, 1.165) is 49.8 Å². The molecule has 0 bridgehead atoms. The number of urea groups is 1. The van der Waals surface area contributed by atoms with Gasteiger partial charge in [-0.25, -0.2) is 13.2 Å². The van der Waals surface area contributed by atoms with E-state index in [-0.39, 0.29) is 69.9 Å². The number of anilines is 4. The molecule has 5 aromatic rings. The van der Waals surface area contributed by atoms with E-state index >= 15 is 4.79 Å². The second-order valence-electron chi connectivity index (χ2n) is 19.4. The summed E-state index contributed by atoms with van der Waals surface area (Å²) in [5, 5.41) is 29.8. The molecule has 1 aliphatic heterocycles. The Kier molecular flexibility index (Phi) is 17.8. The van der Waals surface area contributed by atoms with Crippen LogP contribution in [0.5, 0.6) is 17.2 Å². The van der Waals surface area contributed by atoms with Gasteiger partial charge in [-0.3, -0.25) is 39.1 Å². The van der Waals surface area contributed by atoms with Gasteiger partial charge in [0.15, 0.2) is 5.75 Å². The number of benzene rings is 5. The number of carbonyl (C=O) groups excluding carboxylic acids is 4. The molecule has 0 spiro atoms. The monoisotopic (exact) mass is 1030 g/mol. The van der Waals surface area contributed by atoms with Crippen LogP contribution < -0.4 is 24.7 Å². The first-order chi connectivity index (χ1) is 34.1. The molecule has 1 saturated heterocycles. The summed E-state index contributed by atoms with van der Waals surface area (Å²) in [6.45, 7) is 8.47. The van der Waals surface area contributed by atoms with E-state index in [4.69, 9.17) is 21.1 Å². The number of nitrogens with zero attached hydrogens (tertiary/aromatic N) is 4. The number of halogens is 1. The fourth-order valence-electron chi connectivity index (χ4n) is 8.28. The Labute approximate surface area is 425 Å². The second kappa shape index (κ2) is 23.5. The zero-order chi connectivity index (χ0) is 52.4. The number of hydrogen-bond acceptors (Lipinski definition) is 12. The Morgan fingerprint density at radius 1 is 0.861 bits per heavy atom. The predicted octanol–water partition coefficient (Wildman–Crippen LogP) is 12.2. The Morgan fingerprint density at radius 3 is 2.11 bits per heavy atom. The Morgan fingerprint density at radius 2 is 1.49 bits per heavy atom. The Bertz CT molecular complexity index is 2910. The summed E-state index contributed by atoms with van der Waals surface area (Å²) in [7, 11) is -3.69. The van der Waals surface area contributed by atoms with E-state index in [1.807, 2.05) is 0 Å². The van der Waals surface area contributed by atoms with Gasteiger partial charge in [-0.15, -0.1) is 0 Å². The molecular formula is C53H63ClN6O11S. The van der Waals surface area contributed by atoms with Gasteiger partial charge >= 0.3 is 12.0 Å². The standard InChI is InChI=1S/C53H63ClN6O11S/c1-7-8-9-10-11-12-13-14-15-21-30-57(51(65)59-49(63)53(5,35-70-50(64)52(2,3)4)34-58(59)37-22-17-16-18-23-37)44-32-38(60(66)67)27-29-45(44)71-46-33-41(47(61)40-25-20-19-24-39(40)46)48(62)55-43-31-36(26-28-42(43)54)56-72(6,68)69/h16-20,22-29,31-33,56,61H,7-15,21,30,34-35H2,1-6H3,(H,55,62). The zero-order valence-electron chi connectivity index (χ0n) is 41.5. The molecule has 1 aliphatic rings. The van der Waals surface area contributed by atoms with Gasteiger partial charge in [0.25, 0.3) is 17.5 Å². The van der Waals surface area contributed by atoms with Crippen LogP contribution in [0.25, 0.3) is 10.8 Å². The van der Waals surface area contributed by atoms with Gasteiger partial charge in [0.2, 0.25) is 10.0 Å². The SMILES string of the molecule is CCCCCCCCCCCCN(C(=O)N1C(=O)C(C)(COC(=O)C(C)(C)C)CN1c1ccccc1)c1cc([N+](=O)[O-])ccc1Oc1cc(C(=O)Nc2cc(NS(C)(=O)=O)ccc2Cl)c(O)c2ccccc12. The number of amides is 4. The van der Waals surface area contributed by atoms with Crippen LogP contribution in [0.15, 0.2) is 97.1 Å². The number of fused-ring (bicyclic) bond motifs is 1. The van der Waals surface area contributed by atoms with E-state index in [1.165, 1.54) is 65.2 Å². The number of nitro benzene ring substituents is 1. The molecule has 0 aromatic heterocycles. The summed E-state index contributed by atoms with van der Waals surface area (Å²) in [6, 6.07) is 23.5. The maximum absolute atomic E-state index is 15.5. The summed E-state index contributed by atoms with van der Waals surface area (Å²) in [6.07, 6.45) is 10.8. The number of rotatable bonds is 22. The molecule has 5 aromatic carbocycles. The molecule has 3 N–H and O–H groups in total.